The van der Waals surface area contributed by atoms with Gasteiger partial charge in [-0.25, -0.2) is 4.79 Å². The van der Waals surface area contributed by atoms with E-state index in [9.17, 15) is 14.9 Å². The number of nitriles is 1. The molecular formula is C17H19ClN4O2. The zero-order valence-electron chi connectivity index (χ0n) is 13.8. The number of rotatable bonds is 5. The van der Waals surface area contributed by atoms with Crippen LogP contribution in [-0.2, 0) is 14.1 Å². The van der Waals surface area contributed by atoms with Crippen LogP contribution in [0.1, 0.15) is 30.4 Å². The third kappa shape index (κ3) is 3.36. The van der Waals surface area contributed by atoms with Crippen molar-refractivity contribution in [2.75, 3.05) is 11.9 Å². The van der Waals surface area contributed by atoms with Crippen LogP contribution in [0, 0.1) is 11.3 Å². The second-order valence-corrected chi connectivity index (χ2v) is 6.02. The van der Waals surface area contributed by atoms with Crippen molar-refractivity contribution in [3.8, 4) is 6.07 Å². The number of anilines is 1. The van der Waals surface area contributed by atoms with Crippen LogP contribution in [0.15, 0.2) is 33.9 Å². The van der Waals surface area contributed by atoms with Gasteiger partial charge in [-0.05, 0) is 24.1 Å². The molecule has 1 aromatic carbocycles. The molecule has 2 aromatic rings. The van der Waals surface area contributed by atoms with E-state index < -0.39 is 11.2 Å². The minimum absolute atomic E-state index is 0.0643. The topological polar surface area (TPSA) is 79.8 Å². The number of hydrogen-bond acceptors (Lipinski definition) is 4. The number of hydrogen-bond donors (Lipinski definition) is 1. The van der Waals surface area contributed by atoms with E-state index in [4.69, 9.17) is 11.6 Å². The van der Waals surface area contributed by atoms with E-state index in [2.05, 4.69) is 12.2 Å². The number of nitrogens with zero attached hydrogens (tertiary/aromatic N) is 3. The molecule has 0 aliphatic carbocycles. The quantitative estimate of drug-likeness (QED) is 0.900. The molecule has 0 bridgehead atoms. The molecule has 1 atom stereocenters. The van der Waals surface area contributed by atoms with E-state index in [-0.39, 0.29) is 17.3 Å². The Bertz CT molecular complexity index is 891. The van der Waals surface area contributed by atoms with Crippen molar-refractivity contribution < 1.29 is 0 Å². The van der Waals surface area contributed by atoms with Gasteiger partial charge in [0.2, 0.25) is 0 Å². The van der Waals surface area contributed by atoms with Gasteiger partial charge in [0.25, 0.3) is 5.56 Å². The van der Waals surface area contributed by atoms with Crippen LogP contribution in [-0.4, -0.2) is 15.7 Å². The SMILES string of the molecule is CCC(CNc1c(C#N)c(=O)n(C)c(=O)n1C)c1ccc(Cl)cc1. The van der Waals surface area contributed by atoms with Crippen molar-refractivity contribution in [3.63, 3.8) is 0 Å². The molecule has 1 aromatic heterocycles. The molecule has 0 fully saturated rings. The largest absolute Gasteiger partial charge is 0.369 e. The summed E-state index contributed by atoms with van der Waals surface area (Å²) in [6, 6.07) is 9.45. The minimum atomic E-state index is -0.595. The predicted molar refractivity (Wildman–Crippen MR) is 94.6 cm³/mol. The van der Waals surface area contributed by atoms with Crippen molar-refractivity contribution >= 4 is 17.4 Å². The van der Waals surface area contributed by atoms with Crippen molar-refractivity contribution in [2.45, 2.75) is 19.3 Å². The number of nitrogens with one attached hydrogen (secondary N) is 1. The third-order valence-corrected chi connectivity index (χ3v) is 4.38. The normalized spacial score (nSPS) is 11.8. The van der Waals surface area contributed by atoms with Gasteiger partial charge in [-0.2, -0.15) is 5.26 Å². The van der Waals surface area contributed by atoms with Gasteiger partial charge in [-0.1, -0.05) is 30.7 Å². The Morgan fingerprint density at radius 1 is 1.21 bits per heavy atom. The lowest BCUT2D eigenvalue weighted by atomic mass is 9.96. The maximum atomic E-state index is 12.1. The second-order valence-electron chi connectivity index (χ2n) is 5.58. The summed E-state index contributed by atoms with van der Waals surface area (Å²) in [6.45, 7) is 2.54. The molecule has 0 saturated heterocycles. The van der Waals surface area contributed by atoms with Gasteiger partial charge < -0.3 is 5.32 Å². The van der Waals surface area contributed by atoms with E-state index >= 15 is 0 Å². The Morgan fingerprint density at radius 2 is 1.83 bits per heavy atom. The van der Waals surface area contributed by atoms with Gasteiger partial charge in [0.1, 0.15) is 11.9 Å². The van der Waals surface area contributed by atoms with E-state index in [1.807, 2.05) is 30.3 Å². The molecule has 1 N–H and O–H groups in total. The molecule has 2 rings (SSSR count). The fourth-order valence-electron chi connectivity index (χ4n) is 2.60. The van der Waals surface area contributed by atoms with Crippen LogP contribution in [0.25, 0.3) is 0 Å². The molecular weight excluding hydrogens is 328 g/mol. The zero-order valence-corrected chi connectivity index (χ0v) is 14.6. The van der Waals surface area contributed by atoms with Crippen LogP contribution in [0.5, 0.6) is 0 Å². The van der Waals surface area contributed by atoms with Crippen LogP contribution in [0.4, 0.5) is 5.82 Å². The van der Waals surface area contributed by atoms with Crippen molar-refractivity contribution in [3.05, 3.63) is 61.3 Å². The first kappa shape index (κ1) is 17.8. The molecule has 0 saturated carbocycles. The summed E-state index contributed by atoms with van der Waals surface area (Å²) in [5.41, 5.74) is -0.0315. The fraction of sp³-hybridized carbons (Fsp3) is 0.353. The summed E-state index contributed by atoms with van der Waals surface area (Å²) in [7, 11) is 2.89. The highest BCUT2D eigenvalue weighted by molar-refractivity contribution is 6.30. The average molecular weight is 347 g/mol. The van der Waals surface area contributed by atoms with Crippen LogP contribution < -0.4 is 16.6 Å². The van der Waals surface area contributed by atoms with Crippen molar-refractivity contribution in [1.82, 2.24) is 9.13 Å². The Morgan fingerprint density at radius 3 is 2.38 bits per heavy atom. The molecule has 0 amide bonds. The Balaban J connectivity index is 2.35. The molecule has 0 aliphatic rings. The monoisotopic (exact) mass is 346 g/mol. The first-order valence-electron chi connectivity index (χ1n) is 7.60. The lowest BCUT2D eigenvalue weighted by molar-refractivity contribution is 0.663. The summed E-state index contributed by atoms with van der Waals surface area (Å²) < 4.78 is 2.22. The van der Waals surface area contributed by atoms with Crippen molar-refractivity contribution in [1.29, 1.82) is 5.26 Å². The summed E-state index contributed by atoms with van der Waals surface area (Å²) >= 11 is 5.92. The highest BCUT2D eigenvalue weighted by Crippen LogP contribution is 2.22. The molecule has 0 spiro atoms. The van der Waals surface area contributed by atoms with E-state index in [1.54, 1.807) is 0 Å². The third-order valence-electron chi connectivity index (χ3n) is 4.13. The predicted octanol–water partition coefficient (Wildman–Crippen LogP) is 2.21. The smallest absolute Gasteiger partial charge is 0.332 e. The summed E-state index contributed by atoms with van der Waals surface area (Å²) in [5, 5.41) is 13.0. The second kappa shape index (κ2) is 7.37. The minimum Gasteiger partial charge on any atom is -0.369 e. The molecule has 24 heavy (non-hydrogen) atoms. The van der Waals surface area contributed by atoms with Gasteiger partial charge >= 0.3 is 5.69 Å². The molecule has 6 nitrogen and oxygen atoms in total. The highest BCUT2D eigenvalue weighted by Gasteiger charge is 2.17. The van der Waals surface area contributed by atoms with Crippen LogP contribution in [0.2, 0.25) is 5.02 Å². The van der Waals surface area contributed by atoms with Gasteiger partial charge in [0.15, 0.2) is 5.56 Å². The molecule has 126 valence electrons. The van der Waals surface area contributed by atoms with E-state index in [1.165, 1.54) is 18.7 Å². The van der Waals surface area contributed by atoms with Crippen LogP contribution in [0.3, 0.4) is 0 Å². The number of halogens is 1. The first-order valence-corrected chi connectivity index (χ1v) is 7.97. The molecule has 0 aliphatic heterocycles. The Kier molecular flexibility index (Phi) is 5.47. The lowest BCUT2D eigenvalue weighted by Crippen LogP contribution is -2.40. The molecule has 1 heterocycles. The van der Waals surface area contributed by atoms with E-state index in [0.717, 1.165) is 16.6 Å². The highest BCUT2D eigenvalue weighted by atomic mass is 35.5. The lowest BCUT2D eigenvalue weighted by Gasteiger charge is -2.19. The standard InChI is InChI=1S/C17H19ClN4O2/c1-4-11(12-5-7-13(18)8-6-12)10-20-15-14(9-19)16(23)22(3)17(24)21(15)2/h5-8,11,20H,4,10H2,1-3H3. The van der Waals surface area contributed by atoms with Gasteiger partial charge in [0.05, 0.1) is 0 Å². The average Bonchev–Trinajstić information content (AvgIpc) is 2.59. The summed E-state index contributed by atoms with van der Waals surface area (Å²) in [5.74, 6) is 0.408. The summed E-state index contributed by atoms with van der Waals surface area (Å²) in [6.07, 6.45) is 0.856. The van der Waals surface area contributed by atoms with Gasteiger partial charge in [-0.3, -0.25) is 13.9 Å². The zero-order chi connectivity index (χ0) is 17.9. The van der Waals surface area contributed by atoms with Gasteiger partial charge in [-0.15, -0.1) is 0 Å². The molecule has 1 unspecified atom stereocenters. The van der Waals surface area contributed by atoms with Crippen LogP contribution >= 0.6 is 11.6 Å². The Labute approximate surface area is 144 Å². The van der Waals surface area contributed by atoms with E-state index in [0.29, 0.717) is 11.6 Å². The number of aromatic nitrogens is 2. The van der Waals surface area contributed by atoms with Gasteiger partial charge in [0, 0.05) is 31.6 Å². The summed E-state index contributed by atoms with van der Waals surface area (Å²) in [4.78, 5) is 24.1. The molecule has 7 heteroatoms. The number of benzene rings is 1. The maximum Gasteiger partial charge on any atom is 0.332 e. The molecule has 0 radical (unpaired) electrons. The fourth-order valence-corrected chi connectivity index (χ4v) is 2.73. The Hall–Kier alpha value is -2.52. The maximum absolute atomic E-state index is 12.1. The van der Waals surface area contributed by atoms with Crippen molar-refractivity contribution in [2.24, 2.45) is 14.1 Å². The first-order chi connectivity index (χ1) is 11.4.